The van der Waals surface area contributed by atoms with Crippen LogP contribution < -0.4 is 10.6 Å². The van der Waals surface area contributed by atoms with Crippen LogP contribution in [0, 0.1) is 5.92 Å². The number of carbonyl (C=O) groups is 2. The van der Waals surface area contributed by atoms with Gasteiger partial charge in [0.2, 0.25) is 5.91 Å². The number of fused-ring (bicyclic) bond motifs is 1. The molecule has 0 unspecified atom stereocenters. The van der Waals surface area contributed by atoms with E-state index in [0.29, 0.717) is 23.6 Å². The average molecular weight is 362 g/mol. The van der Waals surface area contributed by atoms with Gasteiger partial charge in [-0.05, 0) is 48.6 Å². The molecule has 138 valence electrons. The minimum atomic E-state index is -0.294. The zero-order valence-electron chi connectivity index (χ0n) is 15.0. The molecule has 0 spiro atoms. The molecule has 2 N–H and O–H groups in total. The van der Waals surface area contributed by atoms with Crippen molar-refractivity contribution >= 4 is 28.5 Å². The van der Waals surface area contributed by atoms with Crippen LogP contribution in [0.3, 0.4) is 0 Å². The molecule has 1 aromatic heterocycles. The summed E-state index contributed by atoms with van der Waals surface area (Å²) in [7, 11) is 0. The molecule has 0 saturated heterocycles. The molecule has 1 aliphatic rings. The van der Waals surface area contributed by atoms with Gasteiger partial charge in [-0.1, -0.05) is 36.8 Å². The zero-order chi connectivity index (χ0) is 18.6. The topological polar surface area (TPSA) is 71.3 Å². The molecular formula is C22H22N2O3. The average Bonchev–Trinajstić information content (AvgIpc) is 3.06. The largest absolute Gasteiger partial charge is 0.451 e. The highest BCUT2D eigenvalue weighted by molar-refractivity contribution is 6.04. The predicted octanol–water partition coefficient (Wildman–Crippen LogP) is 4.14. The molecule has 2 aromatic carbocycles. The molecule has 4 rings (SSSR count). The molecular weight excluding hydrogens is 340 g/mol. The smallest absolute Gasteiger partial charge is 0.291 e. The number of hydrogen-bond acceptors (Lipinski definition) is 3. The number of anilines is 1. The molecule has 27 heavy (non-hydrogen) atoms. The Morgan fingerprint density at radius 3 is 2.52 bits per heavy atom. The lowest BCUT2D eigenvalue weighted by molar-refractivity contribution is -0.120. The summed E-state index contributed by atoms with van der Waals surface area (Å²) in [6.07, 6.45) is 4.08. The third-order valence-electron chi connectivity index (χ3n) is 5.04. The number of nitrogens with one attached hydrogen (secondary N) is 2. The highest BCUT2D eigenvalue weighted by atomic mass is 16.3. The molecule has 2 amide bonds. The minimum Gasteiger partial charge on any atom is -0.451 e. The van der Waals surface area contributed by atoms with E-state index in [9.17, 15) is 9.59 Å². The summed E-state index contributed by atoms with van der Waals surface area (Å²) < 4.78 is 5.57. The fourth-order valence-electron chi connectivity index (χ4n) is 3.20. The van der Waals surface area contributed by atoms with Crippen LogP contribution in [-0.4, -0.2) is 18.4 Å². The summed E-state index contributed by atoms with van der Waals surface area (Å²) in [5.74, 6) is 0.679. The Balaban J connectivity index is 1.32. The van der Waals surface area contributed by atoms with Gasteiger partial charge in [0.1, 0.15) is 5.58 Å². The van der Waals surface area contributed by atoms with Crippen molar-refractivity contribution in [3.05, 3.63) is 65.9 Å². The molecule has 5 heteroatoms. The number of furan rings is 1. The van der Waals surface area contributed by atoms with Crippen LogP contribution >= 0.6 is 0 Å². The van der Waals surface area contributed by atoms with Gasteiger partial charge < -0.3 is 15.1 Å². The molecule has 0 aliphatic heterocycles. The second-order valence-electron chi connectivity index (χ2n) is 7.08. The standard InChI is InChI=1S/C22H22N2O3/c25-21(23-14-16-4-3-5-16)12-15-8-10-18(11-9-15)24-22(26)20-13-17-6-1-2-7-19(17)27-20/h1-2,6-11,13,16H,3-5,12,14H2,(H,23,25)(H,24,26). The summed E-state index contributed by atoms with van der Waals surface area (Å²) in [5, 5.41) is 6.71. The number of para-hydroxylation sites is 1. The Morgan fingerprint density at radius 1 is 1.04 bits per heavy atom. The van der Waals surface area contributed by atoms with Gasteiger partial charge in [0.25, 0.3) is 5.91 Å². The van der Waals surface area contributed by atoms with Crippen LogP contribution in [0.5, 0.6) is 0 Å². The molecule has 5 nitrogen and oxygen atoms in total. The molecule has 0 bridgehead atoms. The molecule has 1 saturated carbocycles. The second kappa shape index (κ2) is 7.66. The highest BCUT2D eigenvalue weighted by Crippen LogP contribution is 2.25. The van der Waals surface area contributed by atoms with Crippen molar-refractivity contribution in [2.24, 2.45) is 5.92 Å². The second-order valence-corrected chi connectivity index (χ2v) is 7.08. The van der Waals surface area contributed by atoms with Crippen molar-refractivity contribution in [1.82, 2.24) is 5.32 Å². The van der Waals surface area contributed by atoms with Crippen LogP contribution in [0.25, 0.3) is 11.0 Å². The highest BCUT2D eigenvalue weighted by Gasteiger charge is 2.18. The molecule has 1 heterocycles. The van der Waals surface area contributed by atoms with Gasteiger partial charge in [0.05, 0.1) is 6.42 Å². The normalized spacial score (nSPS) is 13.9. The zero-order valence-corrected chi connectivity index (χ0v) is 15.0. The van der Waals surface area contributed by atoms with Crippen molar-refractivity contribution < 1.29 is 14.0 Å². The SMILES string of the molecule is O=C(Cc1ccc(NC(=O)c2cc3ccccc3o2)cc1)NCC1CCC1. The van der Waals surface area contributed by atoms with Crippen LogP contribution in [0.4, 0.5) is 5.69 Å². The van der Waals surface area contributed by atoms with Crippen molar-refractivity contribution in [2.75, 3.05) is 11.9 Å². The first-order chi connectivity index (χ1) is 13.2. The predicted molar refractivity (Wildman–Crippen MR) is 105 cm³/mol. The van der Waals surface area contributed by atoms with Crippen molar-refractivity contribution in [1.29, 1.82) is 0 Å². The van der Waals surface area contributed by atoms with Crippen molar-refractivity contribution in [3.63, 3.8) is 0 Å². The van der Waals surface area contributed by atoms with E-state index >= 15 is 0 Å². The molecule has 1 fully saturated rings. The van der Waals surface area contributed by atoms with Crippen LogP contribution in [0.2, 0.25) is 0 Å². The first kappa shape index (κ1) is 17.3. The molecule has 1 aliphatic carbocycles. The van der Waals surface area contributed by atoms with Gasteiger partial charge >= 0.3 is 0 Å². The quantitative estimate of drug-likeness (QED) is 0.692. The fraction of sp³-hybridized carbons (Fsp3) is 0.273. The fourth-order valence-corrected chi connectivity index (χ4v) is 3.20. The maximum atomic E-state index is 12.4. The van der Waals surface area contributed by atoms with Crippen molar-refractivity contribution in [2.45, 2.75) is 25.7 Å². The van der Waals surface area contributed by atoms with E-state index in [0.717, 1.165) is 17.5 Å². The summed E-state index contributed by atoms with van der Waals surface area (Å²) in [5.41, 5.74) is 2.27. The number of carbonyl (C=O) groups excluding carboxylic acids is 2. The lowest BCUT2D eigenvalue weighted by Gasteiger charge is -2.25. The van der Waals surface area contributed by atoms with E-state index in [1.165, 1.54) is 19.3 Å². The first-order valence-electron chi connectivity index (χ1n) is 9.33. The summed E-state index contributed by atoms with van der Waals surface area (Å²) >= 11 is 0. The Morgan fingerprint density at radius 2 is 1.81 bits per heavy atom. The Labute approximate surface area is 157 Å². The lowest BCUT2D eigenvalue weighted by atomic mass is 9.85. The first-order valence-corrected chi connectivity index (χ1v) is 9.33. The summed E-state index contributed by atoms with van der Waals surface area (Å²) in [6.45, 7) is 0.782. The van der Waals surface area contributed by atoms with Crippen LogP contribution in [-0.2, 0) is 11.2 Å². The number of amides is 2. The molecule has 0 radical (unpaired) electrons. The summed E-state index contributed by atoms with van der Waals surface area (Å²) in [4.78, 5) is 24.4. The monoisotopic (exact) mass is 362 g/mol. The Bertz CT molecular complexity index is 922. The maximum absolute atomic E-state index is 12.4. The minimum absolute atomic E-state index is 0.0426. The third kappa shape index (κ3) is 4.19. The number of benzene rings is 2. The van der Waals surface area contributed by atoms with Gasteiger partial charge in [-0.2, -0.15) is 0 Å². The Kier molecular flexibility index (Phi) is 4.92. The summed E-state index contributed by atoms with van der Waals surface area (Å²) in [6, 6.07) is 16.6. The van der Waals surface area contributed by atoms with E-state index < -0.39 is 0 Å². The molecule has 3 aromatic rings. The van der Waals surface area contributed by atoms with E-state index in [-0.39, 0.29) is 17.6 Å². The van der Waals surface area contributed by atoms with E-state index in [1.54, 1.807) is 18.2 Å². The number of hydrogen-bond donors (Lipinski definition) is 2. The van der Waals surface area contributed by atoms with Crippen molar-refractivity contribution in [3.8, 4) is 0 Å². The van der Waals surface area contributed by atoms with E-state index in [4.69, 9.17) is 4.42 Å². The van der Waals surface area contributed by atoms with Gasteiger partial charge in [0.15, 0.2) is 5.76 Å². The van der Waals surface area contributed by atoms with E-state index in [2.05, 4.69) is 10.6 Å². The van der Waals surface area contributed by atoms with Gasteiger partial charge in [-0.3, -0.25) is 9.59 Å². The van der Waals surface area contributed by atoms with Crippen LogP contribution in [0.15, 0.2) is 59.0 Å². The lowest BCUT2D eigenvalue weighted by Crippen LogP contribution is -2.33. The third-order valence-corrected chi connectivity index (χ3v) is 5.04. The van der Waals surface area contributed by atoms with Crippen LogP contribution in [0.1, 0.15) is 35.4 Å². The molecule has 0 atom stereocenters. The maximum Gasteiger partial charge on any atom is 0.291 e. The van der Waals surface area contributed by atoms with Gasteiger partial charge in [0, 0.05) is 17.6 Å². The Hall–Kier alpha value is -3.08. The van der Waals surface area contributed by atoms with Gasteiger partial charge in [-0.15, -0.1) is 0 Å². The number of rotatable bonds is 6. The van der Waals surface area contributed by atoms with Gasteiger partial charge in [-0.25, -0.2) is 0 Å². The van der Waals surface area contributed by atoms with E-state index in [1.807, 2.05) is 36.4 Å².